The highest BCUT2D eigenvalue weighted by Gasteiger charge is 2.20. The lowest BCUT2D eigenvalue weighted by Crippen LogP contribution is -2.16. The van der Waals surface area contributed by atoms with Crippen molar-refractivity contribution >= 4 is 21.4 Å². The molecule has 84 valence electrons. The van der Waals surface area contributed by atoms with Gasteiger partial charge in [-0.15, -0.1) is 0 Å². The molecular formula is C12H13BrN2O. The Balaban J connectivity index is 2.09. The van der Waals surface area contributed by atoms with Crippen LogP contribution in [0.15, 0.2) is 29.0 Å². The highest BCUT2D eigenvalue weighted by atomic mass is 79.9. The van der Waals surface area contributed by atoms with E-state index in [1.807, 2.05) is 12.3 Å². The number of fused-ring (bicyclic) bond motifs is 1. The van der Waals surface area contributed by atoms with E-state index in [1.54, 1.807) is 0 Å². The molecule has 0 aromatic carbocycles. The summed E-state index contributed by atoms with van der Waals surface area (Å²) in [5, 5.41) is 0. The molecule has 1 aliphatic heterocycles. The van der Waals surface area contributed by atoms with Gasteiger partial charge >= 0.3 is 0 Å². The van der Waals surface area contributed by atoms with Crippen LogP contribution >= 0.6 is 15.9 Å². The first-order chi connectivity index (χ1) is 7.86. The Hall–Kier alpha value is -0.870. The molecule has 2 aromatic rings. The van der Waals surface area contributed by atoms with E-state index < -0.39 is 0 Å². The van der Waals surface area contributed by atoms with Gasteiger partial charge < -0.3 is 4.74 Å². The molecule has 0 spiro atoms. The van der Waals surface area contributed by atoms with E-state index in [-0.39, 0.29) is 0 Å². The summed E-state index contributed by atoms with van der Waals surface area (Å²) in [5.41, 5.74) is 1.15. The van der Waals surface area contributed by atoms with Crippen molar-refractivity contribution in [2.75, 3.05) is 13.2 Å². The molecule has 1 fully saturated rings. The van der Waals surface area contributed by atoms with E-state index in [0.29, 0.717) is 5.92 Å². The average Bonchev–Trinajstić information content (AvgIpc) is 2.75. The fourth-order valence-corrected chi connectivity index (χ4v) is 2.81. The highest BCUT2D eigenvalue weighted by molar-refractivity contribution is 9.10. The van der Waals surface area contributed by atoms with Crippen molar-refractivity contribution in [1.29, 1.82) is 0 Å². The lowest BCUT2D eigenvalue weighted by molar-refractivity contribution is 0.0834. The summed E-state index contributed by atoms with van der Waals surface area (Å²) in [6.07, 6.45) is 4.08. The van der Waals surface area contributed by atoms with Gasteiger partial charge in [0.15, 0.2) is 0 Å². The monoisotopic (exact) mass is 280 g/mol. The molecule has 0 amide bonds. The lowest BCUT2D eigenvalue weighted by atomic mass is 10.00. The van der Waals surface area contributed by atoms with Gasteiger partial charge in [-0.2, -0.15) is 0 Å². The van der Waals surface area contributed by atoms with E-state index >= 15 is 0 Å². The van der Waals surface area contributed by atoms with Gasteiger partial charge in [0.2, 0.25) is 0 Å². The zero-order valence-corrected chi connectivity index (χ0v) is 10.5. The second kappa shape index (κ2) is 4.18. The molecule has 0 atom stereocenters. The van der Waals surface area contributed by atoms with Gasteiger partial charge in [0.1, 0.15) is 5.82 Å². The summed E-state index contributed by atoms with van der Waals surface area (Å²) in [5.74, 6) is 1.68. The maximum absolute atomic E-state index is 5.39. The van der Waals surface area contributed by atoms with Crippen LogP contribution in [-0.4, -0.2) is 22.6 Å². The van der Waals surface area contributed by atoms with Gasteiger partial charge in [-0.05, 0) is 40.9 Å². The summed E-state index contributed by atoms with van der Waals surface area (Å²) >= 11 is 3.59. The molecule has 0 aliphatic carbocycles. The van der Waals surface area contributed by atoms with E-state index in [4.69, 9.17) is 4.74 Å². The van der Waals surface area contributed by atoms with Crippen LogP contribution in [0.5, 0.6) is 0 Å². The Labute approximate surface area is 103 Å². The average molecular weight is 281 g/mol. The maximum atomic E-state index is 5.39. The molecule has 3 heterocycles. The van der Waals surface area contributed by atoms with Crippen LogP contribution in [0.2, 0.25) is 0 Å². The van der Waals surface area contributed by atoms with Crippen LogP contribution in [0.25, 0.3) is 5.52 Å². The molecular weight excluding hydrogens is 268 g/mol. The van der Waals surface area contributed by atoms with Crippen LogP contribution in [0.3, 0.4) is 0 Å². The summed E-state index contributed by atoms with van der Waals surface area (Å²) in [7, 11) is 0. The second-order valence-corrected chi connectivity index (χ2v) is 4.92. The summed E-state index contributed by atoms with van der Waals surface area (Å²) < 4.78 is 8.65. The largest absolute Gasteiger partial charge is 0.381 e. The van der Waals surface area contributed by atoms with E-state index in [2.05, 4.69) is 37.4 Å². The molecule has 0 saturated carbocycles. The predicted molar refractivity (Wildman–Crippen MR) is 65.7 cm³/mol. The van der Waals surface area contributed by atoms with E-state index in [9.17, 15) is 0 Å². The van der Waals surface area contributed by atoms with Gasteiger partial charge in [0, 0.05) is 19.1 Å². The molecule has 0 unspecified atom stereocenters. The van der Waals surface area contributed by atoms with Gasteiger partial charge in [-0.1, -0.05) is 6.07 Å². The minimum absolute atomic E-state index is 0.523. The fourth-order valence-electron chi connectivity index (χ4n) is 2.27. The Morgan fingerprint density at radius 2 is 2.12 bits per heavy atom. The Bertz CT molecular complexity index is 503. The van der Waals surface area contributed by atoms with Crippen molar-refractivity contribution in [1.82, 2.24) is 9.38 Å². The van der Waals surface area contributed by atoms with Crippen LogP contribution in [0.4, 0.5) is 0 Å². The van der Waals surface area contributed by atoms with Gasteiger partial charge in [-0.25, -0.2) is 4.98 Å². The SMILES string of the molecule is Brc1cccc2cnc(C3CCOCC3)n12. The molecule has 3 rings (SSSR count). The third kappa shape index (κ3) is 1.66. The Morgan fingerprint density at radius 1 is 1.31 bits per heavy atom. The first-order valence-electron chi connectivity index (χ1n) is 5.56. The number of hydrogen-bond acceptors (Lipinski definition) is 2. The number of imidazole rings is 1. The number of rotatable bonds is 1. The van der Waals surface area contributed by atoms with Crippen LogP contribution in [0.1, 0.15) is 24.6 Å². The first kappa shape index (κ1) is 10.3. The molecule has 0 bridgehead atoms. The summed E-state index contributed by atoms with van der Waals surface area (Å²) in [6, 6.07) is 6.17. The third-order valence-electron chi connectivity index (χ3n) is 3.12. The van der Waals surface area contributed by atoms with Crippen molar-refractivity contribution in [2.24, 2.45) is 0 Å². The quantitative estimate of drug-likeness (QED) is 0.751. The number of aromatic nitrogens is 2. The van der Waals surface area contributed by atoms with Gasteiger partial charge in [-0.3, -0.25) is 4.40 Å². The Kier molecular flexibility index (Phi) is 2.69. The van der Waals surface area contributed by atoms with Crippen molar-refractivity contribution in [2.45, 2.75) is 18.8 Å². The van der Waals surface area contributed by atoms with Crippen molar-refractivity contribution in [3.05, 3.63) is 34.8 Å². The number of nitrogens with zero attached hydrogens (tertiary/aromatic N) is 2. The van der Waals surface area contributed by atoms with Crippen molar-refractivity contribution in [3.8, 4) is 0 Å². The summed E-state index contributed by atoms with van der Waals surface area (Å²) in [6.45, 7) is 1.70. The molecule has 3 nitrogen and oxygen atoms in total. The molecule has 0 radical (unpaired) electrons. The summed E-state index contributed by atoms with van der Waals surface area (Å²) in [4.78, 5) is 4.56. The first-order valence-corrected chi connectivity index (χ1v) is 6.35. The van der Waals surface area contributed by atoms with Crippen LogP contribution in [-0.2, 0) is 4.74 Å². The fraction of sp³-hybridized carbons (Fsp3) is 0.417. The molecule has 16 heavy (non-hydrogen) atoms. The van der Waals surface area contributed by atoms with Crippen molar-refractivity contribution in [3.63, 3.8) is 0 Å². The molecule has 4 heteroatoms. The van der Waals surface area contributed by atoms with Crippen LogP contribution in [0, 0.1) is 0 Å². The third-order valence-corrected chi connectivity index (χ3v) is 3.74. The standard InChI is InChI=1S/C12H13BrN2O/c13-11-3-1-2-10-8-14-12(15(10)11)9-4-6-16-7-5-9/h1-3,8-9H,4-7H2. The zero-order chi connectivity index (χ0) is 11.0. The molecule has 0 N–H and O–H groups in total. The Morgan fingerprint density at radius 3 is 2.94 bits per heavy atom. The van der Waals surface area contributed by atoms with E-state index in [1.165, 1.54) is 0 Å². The van der Waals surface area contributed by atoms with Gasteiger partial charge in [0.25, 0.3) is 0 Å². The highest BCUT2D eigenvalue weighted by Crippen LogP contribution is 2.28. The van der Waals surface area contributed by atoms with Gasteiger partial charge in [0.05, 0.1) is 16.3 Å². The van der Waals surface area contributed by atoms with E-state index in [0.717, 1.165) is 42.0 Å². The molecule has 1 aliphatic rings. The zero-order valence-electron chi connectivity index (χ0n) is 8.90. The number of pyridine rings is 1. The smallest absolute Gasteiger partial charge is 0.117 e. The second-order valence-electron chi connectivity index (χ2n) is 4.11. The van der Waals surface area contributed by atoms with Crippen LogP contribution < -0.4 is 0 Å². The maximum Gasteiger partial charge on any atom is 0.117 e. The normalized spacial score (nSPS) is 18.1. The number of halogens is 1. The predicted octanol–water partition coefficient (Wildman–Crippen LogP) is 2.99. The minimum Gasteiger partial charge on any atom is -0.381 e. The topological polar surface area (TPSA) is 26.5 Å². The molecule has 2 aromatic heterocycles. The minimum atomic E-state index is 0.523. The van der Waals surface area contributed by atoms with Crippen molar-refractivity contribution < 1.29 is 4.74 Å². The number of hydrogen-bond donors (Lipinski definition) is 0. The lowest BCUT2D eigenvalue weighted by Gasteiger charge is -2.21. The number of ether oxygens (including phenoxy) is 1. The molecule has 1 saturated heterocycles.